The maximum atomic E-state index is 13.6. The Morgan fingerprint density at radius 1 is 1.19 bits per heavy atom. The van der Waals surface area contributed by atoms with Crippen LogP contribution >= 0.6 is 0 Å². The third-order valence-corrected chi connectivity index (χ3v) is 3.23. The van der Waals surface area contributed by atoms with E-state index in [0.29, 0.717) is 11.7 Å². The highest BCUT2D eigenvalue weighted by Crippen LogP contribution is 2.20. The summed E-state index contributed by atoms with van der Waals surface area (Å²) >= 11 is 0. The van der Waals surface area contributed by atoms with Gasteiger partial charge in [0.15, 0.2) is 0 Å². The van der Waals surface area contributed by atoms with Gasteiger partial charge in [0.05, 0.1) is 5.56 Å². The van der Waals surface area contributed by atoms with Gasteiger partial charge < -0.3 is 9.84 Å². The van der Waals surface area contributed by atoms with E-state index in [2.05, 4.69) is 13.8 Å². The van der Waals surface area contributed by atoms with Crippen LogP contribution < -0.4 is 4.74 Å². The molecule has 0 amide bonds. The second-order valence-corrected chi connectivity index (χ2v) is 5.12. The van der Waals surface area contributed by atoms with E-state index >= 15 is 0 Å². The smallest absolute Gasteiger partial charge is 0.335 e. The van der Waals surface area contributed by atoms with E-state index < -0.39 is 11.8 Å². The summed E-state index contributed by atoms with van der Waals surface area (Å²) in [6.45, 7) is 4.19. The van der Waals surface area contributed by atoms with Gasteiger partial charge in [-0.05, 0) is 41.8 Å². The molecular weight excluding hydrogens is 271 g/mol. The van der Waals surface area contributed by atoms with Crippen LogP contribution in [0, 0.1) is 5.82 Å². The van der Waals surface area contributed by atoms with Gasteiger partial charge >= 0.3 is 5.97 Å². The normalized spacial score (nSPS) is 10.7. The van der Waals surface area contributed by atoms with Crippen molar-refractivity contribution in [2.24, 2.45) is 0 Å². The molecule has 0 atom stereocenters. The van der Waals surface area contributed by atoms with E-state index in [1.54, 1.807) is 0 Å². The van der Waals surface area contributed by atoms with Gasteiger partial charge in [-0.25, -0.2) is 9.18 Å². The lowest BCUT2D eigenvalue weighted by atomic mass is 10.0. The second-order valence-electron chi connectivity index (χ2n) is 5.12. The van der Waals surface area contributed by atoms with Crippen molar-refractivity contribution < 1.29 is 19.0 Å². The fourth-order valence-electron chi connectivity index (χ4n) is 1.93. The molecule has 0 fully saturated rings. The summed E-state index contributed by atoms with van der Waals surface area (Å²) < 4.78 is 19.1. The number of hydrogen-bond donors (Lipinski definition) is 1. The fourth-order valence-corrected chi connectivity index (χ4v) is 1.93. The van der Waals surface area contributed by atoms with Crippen LogP contribution in [-0.2, 0) is 6.61 Å². The molecule has 2 aromatic carbocycles. The molecular formula is C17H17FO3. The number of carbonyl (C=O) groups is 1. The van der Waals surface area contributed by atoms with E-state index in [9.17, 15) is 9.18 Å². The zero-order valence-electron chi connectivity index (χ0n) is 12.0. The summed E-state index contributed by atoms with van der Waals surface area (Å²) in [5, 5.41) is 8.90. The third kappa shape index (κ3) is 3.81. The van der Waals surface area contributed by atoms with Crippen molar-refractivity contribution in [3.8, 4) is 5.75 Å². The molecule has 1 N–H and O–H groups in total. The number of benzene rings is 2. The minimum atomic E-state index is -1.09. The first-order chi connectivity index (χ1) is 9.97. The second kappa shape index (κ2) is 6.39. The van der Waals surface area contributed by atoms with Crippen molar-refractivity contribution in [1.29, 1.82) is 0 Å². The molecule has 3 nitrogen and oxygen atoms in total. The average molecular weight is 288 g/mol. The molecule has 0 aliphatic carbocycles. The highest BCUT2D eigenvalue weighted by atomic mass is 19.1. The molecule has 2 aromatic rings. The average Bonchev–Trinajstić information content (AvgIpc) is 2.46. The number of rotatable bonds is 5. The molecule has 110 valence electrons. The third-order valence-electron chi connectivity index (χ3n) is 3.23. The van der Waals surface area contributed by atoms with Gasteiger partial charge in [0.1, 0.15) is 18.2 Å². The van der Waals surface area contributed by atoms with E-state index in [-0.39, 0.29) is 17.7 Å². The zero-order valence-corrected chi connectivity index (χ0v) is 12.0. The minimum absolute atomic E-state index is 0.00597. The summed E-state index contributed by atoms with van der Waals surface area (Å²) in [7, 11) is 0. The first-order valence-electron chi connectivity index (χ1n) is 6.72. The fraction of sp³-hybridized carbons (Fsp3) is 0.235. The number of halogens is 1. The maximum Gasteiger partial charge on any atom is 0.335 e. The molecule has 0 aliphatic rings. The van der Waals surface area contributed by atoms with Gasteiger partial charge in [-0.3, -0.25) is 0 Å². The molecule has 0 spiro atoms. The van der Waals surface area contributed by atoms with Crippen LogP contribution in [0.2, 0.25) is 0 Å². The Bertz CT molecular complexity index is 633. The highest BCUT2D eigenvalue weighted by molar-refractivity contribution is 5.87. The molecule has 2 rings (SSSR count). The topological polar surface area (TPSA) is 46.5 Å². The van der Waals surface area contributed by atoms with Crippen molar-refractivity contribution in [3.63, 3.8) is 0 Å². The Kier molecular flexibility index (Phi) is 4.58. The monoisotopic (exact) mass is 288 g/mol. The van der Waals surface area contributed by atoms with Gasteiger partial charge in [0.2, 0.25) is 0 Å². The summed E-state index contributed by atoms with van der Waals surface area (Å²) in [5.74, 6) is -0.500. The lowest BCUT2D eigenvalue weighted by Crippen LogP contribution is -2.03. The van der Waals surface area contributed by atoms with Gasteiger partial charge in [-0.2, -0.15) is 0 Å². The van der Waals surface area contributed by atoms with E-state index in [1.165, 1.54) is 17.7 Å². The molecule has 0 aromatic heterocycles. The van der Waals surface area contributed by atoms with Crippen LogP contribution in [0.1, 0.15) is 41.3 Å². The van der Waals surface area contributed by atoms with Gasteiger partial charge in [0.25, 0.3) is 0 Å². The van der Waals surface area contributed by atoms with Gasteiger partial charge in [0, 0.05) is 5.56 Å². The Labute approximate surface area is 123 Å². The molecule has 0 saturated heterocycles. The molecule has 0 saturated carbocycles. The molecule has 0 bridgehead atoms. The molecule has 0 heterocycles. The van der Waals surface area contributed by atoms with Crippen molar-refractivity contribution in [2.45, 2.75) is 26.4 Å². The number of carboxylic acids is 1. The van der Waals surface area contributed by atoms with Gasteiger partial charge in [-0.15, -0.1) is 0 Å². The predicted molar refractivity (Wildman–Crippen MR) is 78.2 cm³/mol. The molecule has 0 radical (unpaired) electrons. The van der Waals surface area contributed by atoms with E-state index in [4.69, 9.17) is 9.84 Å². The summed E-state index contributed by atoms with van der Waals surface area (Å²) in [6.07, 6.45) is 0. The lowest BCUT2D eigenvalue weighted by Gasteiger charge is -2.10. The first-order valence-corrected chi connectivity index (χ1v) is 6.72. The molecule has 4 heteroatoms. The van der Waals surface area contributed by atoms with Crippen LogP contribution in [0.3, 0.4) is 0 Å². The first kappa shape index (κ1) is 15.0. The van der Waals surface area contributed by atoms with Crippen LogP contribution in [0.4, 0.5) is 4.39 Å². The highest BCUT2D eigenvalue weighted by Gasteiger charge is 2.09. The largest absolute Gasteiger partial charge is 0.489 e. The summed E-state index contributed by atoms with van der Waals surface area (Å²) in [5.41, 5.74) is 1.47. The van der Waals surface area contributed by atoms with Crippen molar-refractivity contribution in [2.75, 3.05) is 0 Å². The number of hydrogen-bond acceptors (Lipinski definition) is 2. The maximum absolute atomic E-state index is 13.6. The van der Waals surface area contributed by atoms with E-state index in [1.807, 2.05) is 24.3 Å². The van der Waals surface area contributed by atoms with Crippen LogP contribution in [0.25, 0.3) is 0 Å². The quantitative estimate of drug-likeness (QED) is 0.895. The molecule has 21 heavy (non-hydrogen) atoms. The Morgan fingerprint density at radius 3 is 2.43 bits per heavy atom. The minimum Gasteiger partial charge on any atom is -0.489 e. The Morgan fingerprint density at radius 2 is 1.86 bits per heavy atom. The van der Waals surface area contributed by atoms with Gasteiger partial charge in [-0.1, -0.05) is 26.0 Å². The predicted octanol–water partition coefficient (Wildman–Crippen LogP) is 4.23. The Hall–Kier alpha value is -2.36. The zero-order chi connectivity index (χ0) is 15.4. The standard InChI is InChI=1S/C17H17FO3/c1-11(2)12-3-6-15(7-4-12)21-10-14-9-13(17(19)20)5-8-16(14)18/h3-9,11H,10H2,1-2H3,(H,19,20). The number of aromatic carboxylic acids is 1. The van der Waals surface area contributed by atoms with E-state index in [0.717, 1.165) is 6.07 Å². The number of carboxylic acid groups (broad SMARTS) is 1. The molecule has 0 unspecified atom stereocenters. The van der Waals surface area contributed by atoms with Crippen LogP contribution in [0.5, 0.6) is 5.75 Å². The van der Waals surface area contributed by atoms with Crippen molar-refractivity contribution in [3.05, 3.63) is 65.0 Å². The lowest BCUT2D eigenvalue weighted by molar-refractivity contribution is 0.0696. The SMILES string of the molecule is CC(C)c1ccc(OCc2cc(C(=O)O)ccc2F)cc1. The molecule has 0 aliphatic heterocycles. The Balaban J connectivity index is 2.09. The van der Waals surface area contributed by atoms with Crippen LogP contribution in [-0.4, -0.2) is 11.1 Å². The van der Waals surface area contributed by atoms with Crippen LogP contribution in [0.15, 0.2) is 42.5 Å². The van der Waals surface area contributed by atoms with Crippen molar-refractivity contribution >= 4 is 5.97 Å². The summed E-state index contributed by atoms with van der Waals surface area (Å²) in [4.78, 5) is 10.9. The summed E-state index contributed by atoms with van der Waals surface area (Å²) in [6, 6.07) is 11.2. The van der Waals surface area contributed by atoms with Crippen molar-refractivity contribution in [1.82, 2.24) is 0 Å². The number of ether oxygens (including phenoxy) is 1.